The minimum atomic E-state index is -3.72. The highest BCUT2D eigenvalue weighted by molar-refractivity contribution is 7.89. The van der Waals surface area contributed by atoms with Crippen LogP contribution in [0.1, 0.15) is 12.6 Å². The summed E-state index contributed by atoms with van der Waals surface area (Å²) >= 11 is 0. The first-order chi connectivity index (χ1) is 12.9. The van der Waals surface area contributed by atoms with Gasteiger partial charge in [0.1, 0.15) is 0 Å². The Labute approximate surface area is 157 Å². The molecule has 0 atom stereocenters. The van der Waals surface area contributed by atoms with Crippen LogP contribution in [0.4, 0.5) is 0 Å². The van der Waals surface area contributed by atoms with Crippen LogP contribution in [0.3, 0.4) is 0 Å². The van der Waals surface area contributed by atoms with Crippen LogP contribution in [0.2, 0.25) is 0 Å². The van der Waals surface area contributed by atoms with Gasteiger partial charge in [0.25, 0.3) is 0 Å². The Morgan fingerprint density at radius 2 is 1.81 bits per heavy atom. The number of rotatable bonds is 4. The lowest BCUT2D eigenvalue weighted by molar-refractivity contribution is 0.598. The zero-order valence-corrected chi connectivity index (χ0v) is 15.8. The highest BCUT2D eigenvalue weighted by Gasteiger charge is 2.13. The summed E-state index contributed by atoms with van der Waals surface area (Å²) in [5.74, 6) is 0. The topological polar surface area (TPSA) is 95.8 Å². The molecule has 0 saturated heterocycles. The molecule has 0 aliphatic heterocycles. The highest BCUT2D eigenvalue weighted by atomic mass is 32.2. The van der Waals surface area contributed by atoms with Gasteiger partial charge in [-0.3, -0.25) is 4.68 Å². The van der Waals surface area contributed by atoms with E-state index in [1.165, 1.54) is 17.8 Å². The molecule has 2 heterocycles. The number of aromatic nitrogens is 4. The number of fused-ring (bicyclic) bond motifs is 1. The average Bonchev–Trinajstić information content (AvgIpc) is 3.24. The van der Waals surface area contributed by atoms with Gasteiger partial charge >= 0.3 is 0 Å². The van der Waals surface area contributed by atoms with Crippen molar-refractivity contribution in [1.82, 2.24) is 19.6 Å². The van der Waals surface area contributed by atoms with Crippen molar-refractivity contribution in [2.45, 2.75) is 18.2 Å². The monoisotopic (exact) mass is 381 g/mol. The van der Waals surface area contributed by atoms with Gasteiger partial charge in [-0.2, -0.15) is 10.2 Å². The maximum Gasteiger partial charge on any atom is 0.238 e. The molecular formula is C19H19N5O2S. The molecule has 0 fully saturated rings. The minimum Gasteiger partial charge on any atom is -0.271 e. The summed E-state index contributed by atoms with van der Waals surface area (Å²) in [5.41, 5.74) is 4.76. The van der Waals surface area contributed by atoms with Crippen molar-refractivity contribution in [3.63, 3.8) is 0 Å². The van der Waals surface area contributed by atoms with Crippen molar-refractivity contribution in [2.75, 3.05) is 0 Å². The lowest BCUT2D eigenvalue weighted by Crippen LogP contribution is -2.12. The van der Waals surface area contributed by atoms with E-state index in [-0.39, 0.29) is 4.90 Å². The van der Waals surface area contributed by atoms with Crippen LogP contribution in [0, 0.1) is 0 Å². The number of nitrogens with two attached hydrogens (primary N) is 1. The highest BCUT2D eigenvalue weighted by Crippen LogP contribution is 2.27. The van der Waals surface area contributed by atoms with Gasteiger partial charge < -0.3 is 0 Å². The molecular weight excluding hydrogens is 362 g/mol. The molecule has 4 rings (SSSR count). The molecule has 0 spiro atoms. The zero-order valence-electron chi connectivity index (χ0n) is 15.0. The van der Waals surface area contributed by atoms with E-state index in [0.717, 1.165) is 34.3 Å². The Bertz CT molecular complexity index is 1240. The number of nitrogens with zero attached hydrogens (tertiary/aromatic N) is 4. The second-order valence-corrected chi connectivity index (χ2v) is 7.88. The smallest absolute Gasteiger partial charge is 0.238 e. The Kier molecular flexibility index (Phi) is 4.09. The zero-order chi connectivity index (χ0) is 19.2. The van der Waals surface area contributed by atoms with E-state index in [2.05, 4.69) is 29.3 Å². The number of aryl methyl sites for hydroxylation is 2. The SMILES string of the molecule is CCc1c2ccc(-c3ccnn3-c3ccc(S(N)(=O)=O)cc3)cc2nn1C. The van der Waals surface area contributed by atoms with Gasteiger partial charge in [-0.15, -0.1) is 0 Å². The van der Waals surface area contributed by atoms with E-state index in [1.807, 2.05) is 23.9 Å². The van der Waals surface area contributed by atoms with Crippen molar-refractivity contribution in [3.05, 3.63) is 60.4 Å². The molecule has 0 radical (unpaired) electrons. The maximum atomic E-state index is 11.4. The first kappa shape index (κ1) is 17.4. The van der Waals surface area contributed by atoms with Gasteiger partial charge in [-0.25, -0.2) is 18.2 Å². The van der Waals surface area contributed by atoms with Crippen molar-refractivity contribution in [3.8, 4) is 16.9 Å². The lowest BCUT2D eigenvalue weighted by atomic mass is 10.1. The molecule has 0 unspecified atom stereocenters. The van der Waals surface area contributed by atoms with Crippen LogP contribution in [-0.4, -0.2) is 28.0 Å². The molecule has 2 N–H and O–H groups in total. The minimum absolute atomic E-state index is 0.0713. The molecule has 7 nitrogen and oxygen atoms in total. The Morgan fingerprint density at radius 1 is 1.07 bits per heavy atom. The van der Waals surface area contributed by atoms with E-state index in [9.17, 15) is 8.42 Å². The first-order valence-electron chi connectivity index (χ1n) is 8.52. The lowest BCUT2D eigenvalue weighted by Gasteiger charge is -2.08. The van der Waals surface area contributed by atoms with Crippen LogP contribution in [0.25, 0.3) is 27.8 Å². The predicted octanol–water partition coefficient (Wildman–Crippen LogP) is 2.64. The average molecular weight is 381 g/mol. The van der Waals surface area contributed by atoms with E-state index in [4.69, 9.17) is 5.14 Å². The predicted molar refractivity (Wildman–Crippen MR) is 104 cm³/mol. The summed E-state index contributed by atoms with van der Waals surface area (Å²) < 4.78 is 26.6. The number of hydrogen-bond acceptors (Lipinski definition) is 4. The first-order valence-corrected chi connectivity index (χ1v) is 10.1. The van der Waals surface area contributed by atoms with Gasteiger partial charge in [0.05, 0.1) is 28.0 Å². The maximum absolute atomic E-state index is 11.4. The molecule has 0 aliphatic carbocycles. The molecule has 2 aromatic carbocycles. The molecule has 138 valence electrons. The van der Waals surface area contributed by atoms with Crippen LogP contribution < -0.4 is 5.14 Å². The van der Waals surface area contributed by atoms with Crippen LogP contribution in [0.15, 0.2) is 59.6 Å². The molecule has 27 heavy (non-hydrogen) atoms. The van der Waals surface area contributed by atoms with Crippen LogP contribution in [0.5, 0.6) is 0 Å². The van der Waals surface area contributed by atoms with Crippen molar-refractivity contribution in [1.29, 1.82) is 0 Å². The van der Waals surface area contributed by atoms with Crippen molar-refractivity contribution in [2.24, 2.45) is 12.2 Å². The summed E-state index contributed by atoms with van der Waals surface area (Å²) in [6.45, 7) is 2.12. The Hall–Kier alpha value is -2.97. The van der Waals surface area contributed by atoms with Gasteiger partial charge in [0, 0.05) is 23.7 Å². The largest absolute Gasteiger partial charge is 0.271 e. The molecule has 0 aliphatic rings. The van der Waals surface area contributed by atoms with Crippen LogP contribution >= 0.6 is 0 Å². The van der Waals surface area contributed by atoms with Gasteiger partial charge in [0.2, 0.25) is 10.0 Å². The normalized spacial score (nSPS) is 12.0. The fourth-order valence-electron chi connectivity index (χ4n) is 3.34. The summed E-state index contributed by atoms with van der Waals surface area (Å²) in [5, 5.41) is 15.3. The summed E-state index contributed by atoms with van der Waals surface area (Å²) in [7, 11) is -1.77. The fourth-order valence-corrected chi connectivity index (χ4v) is 3.85. The second-order valence-electron chi connectivity index (χ2n) is 6.32. The number of sulfonamides is 1. The van der Waals surface area contributed by atoms with Crippen molar-refractivity contribution < 1.29 is 8.42 Å². The standard InChI is InChI=1S/C19H19N5O2S/c1-3-18-16-9-4-13(12-17(16)22-23(18)2)19-10-11-21-24(19)14-5-7-15(8-6-14)27(20,25)26/h4-12H,3H2,1-2H3,(H2,20,25,26). The summed E-state index contributed by atoms with van der Waals surface area (Å²) in [4.78, 5) is 0.0713. The number of benzene rings is 2. The third-order valence-corrected chi connectivity index (χ3v) is 5.57. The van der Waals surface area contributed by atoms with Gasteiger partial charge in [-0.05, 0) is 42.8 Å². The molecule has 2 aromatic heterocycles. The molecule has 4 aromatic rings. The molecule has 0 amide bonds. The summed E-state index contributed by atoms with van der Waals surface area (Å²) in [6, 6.07) is 14.4. The number of hydrogen-bond donors (Lipinski definition) is 1. The molecule has 8 heteroatoms. The van der Waals surface area contributed by atoms with Gasteiger partial charge in [-0.1, -0.05) is 19.1 Å². The Balaban J connectivity index is 1.79. The van der Waals surface area contributed by atoms with E-state index in [0.29, 0.717) is 0 Å². The van der Waals surface area contributed by atoms with E-state index >= 15 is 0 Å². The third-order valence-electron chi connectivity index (χ3n) is 4.64. The quantitative estimate of drug-likeness (QED) is 0.588. The van der Waals surface area contributed by atoms with Crippen molar-refractivity contribution >= 4 is 20.9 Å². The fraction of sp³-hybridized carbons (Fsp3) is 0.158. The van der Waals surface area contributed by atoms with E-state index in [1.54, 1.807) is 23.0 Å². The summed E-state index contributed by atoms with van der Waals surface area (Å²) in [6.07, 6.45) is 2.63. The van der Waals surface area contributed by atoms with E-state index < -0.39 is 10.0 Å². The third kappa shape index (κ3) is 3.02. The van der Waals surface area contributed by atoms with Crippen LogP contribution in [-0.2, 0) is 23.5 Å². The second kappa shape index (κ2) is 6.33. The molecule has 0 saturated carbocycles. The van der Waals surface area contributed by atoms with Gasteiger partial charge in [0.15, 0.2) is 0 Å². The molecule has 0 bridgehead atoms. The number of primary sulfonamides is 1. The Morgan fingerprint density at radius 3 is 2.48 bits per heavy atom.